The maximum Gasteiger partial charge on any atom is 0.289 e. The molecule has 3 aliphatic rings. The fraction of sp³-hybridized carbons (Fsp3) is 0.667. The minimum atomic E-state index is -0.299. The van der Waals surface area contributed by atoms with Crippen LogP contribution in [0.4, 0.5) is 0 Å². The standard InChI is InChI=1S/C18H24N2O4/c21-14-9-13(10-14)16(22)20-7-5-18(12-20)4-2-6-19(11-18)17(23)15-3-1-8-24-15/h1,3,8,13-14,21H,2,4-7,9-12H2/t13?,14?,18-/m1/s1. The van der Waals surface area contributed by atoms with Crippen LogP contribution in [0.5, 0.6) is 0 Å². The largest absolute Gasteiger partial charge is 0.459 e. The third kappa shape index (κ3) is 2.73. The number of piperidine rings is 1. The zero-order chi connectivity index (χ0) is 16.7. The summed E-state index contributed by atoms with van der Waals surface area (Å²) in [4.78, 5) is 28.9. The molecule has 1 saturated carbocycles. The average Bonchev–Trinajstić information content (AvgIpc) is 3.21. The van der Waals surface area contributed by atoms with E-state index in [9.17, 15) is 14.7 Å². The molecular weight excluding hydrogens is 308 g/mol. The van der Waals surface area contributed by atoms with Crippen molar-refractivity contribution in [2.75, 3.05) is 26.2 Å². The maximum atomic E-state index is 12.5. The van der Waals surface area contributed by atoms with Gasteiger partial charge in [-0.3, -0.25) is 9.59 Å². The summed E-state index contributed by atoms with van der Waals surface area (Å²) in [5.74, 6) is 0.527. The van der Waals surface area contributed by atoms with Gasteiger partial charge in [0.05, 0.1) is 12.4 Å². The molecule has 130 valence electrons. The smallest absolute Gasteiger partial charge is 0.289 e. The van der Waals surface area contributed by atoms with Crippen molar-refractivity contribution in [2.24, 2.45) is 11.3 Å². The van der Waals surface area contributed by atoms with E-state index in [1.165, 1.54) is 6.26 Å². The zero-order valence-electron chi connectivity index (χ0n) is 13.8. The summed E-state index contributed by atoms with van der Waals surface area (Å²) in [6, 6.07) is 3.44. The summed E-state index contributed by atoms with van der Waals surface area (Å²) in [7, 11) is 0. The van der Waals surface area contributed by atoms with E-state index >= 15 is 0 Å². The van der Waals surface area contributed by atoms with E-state index in [4.69, 9.17) is 4.42 Å². The Morgan fingerprint density at radius 1 is 1.17 bits per heavy atom. The van der Waals surface area contributed by atoms with Crippen LogP contribution in [-0.2, 0) is 4.79 Å². The van der Waals surface area contributed by atoms with Gasteiger partial charge in [-0.25, -0.2) is 0 Å². The molecule has 2 aliphatic heterocycles. The Kier molecular flexibility index (Phi) is 3.87. The van der Waals surface area contributed by atoms with Gasteiger partial charge >= 0.3 is 0 Å². The molecule has 2 amide bonds. The lowest BCUT2D eigenvalue weighted by molar-refractivity contribution is -0.141. The Labute approximate surface area is 141 Å². The molecule has 6 heteroatoms. The second-order valence-electron chi connectivity index (χ2n) is 7.64. The maximum absolute atomic E-state index is 12.5. The summed E-state index contributed by atoms with van der Waals surface area (Å²) in [6.07, 6.45) is 5.41. The number of rotatable bonds is 2. The zero-order valence-corrected chi connectivity index (χ0v) is 13.8. The van der Waals surface area contributed by atoms with Gasteiger partial charge in [-0.05, 0) is 44.2 Å². The molecule has 0 bridgehead atoms. The molecule has 1 spiro atoms. The monoisotopic (exact) mass is 332 g/mol. The van der Waals surface area contributed by atoms with Crippen molar-refractivity contribution in [1.82, 2.24) is 9.80 Å². The SMILES string of the molecule is O=C(c1ccco1)N1CCC[C@@]2(CCN(C(=O)C3CC(O)C3)C2)C1. The number of furan rings is 1. The first kappa shape index (κ1) is 15.7. The highest BCUT2D eigenvalue weighted by atomic mass is 16.3. The van der Waals surface area contributed by atoms with Crippen LogP contribution in [0, 0.1) is 11.3 Å². The van der Waals surface area contributed by atoms with Crippen LogP contribution >= 0.6 is 0 Å². The van der Waals surface area contributed by atoms with Crippen LogP contribution in [0.1, 0.15) is 42.7 Å². The first-order chi connectivity index (χ1) is 11.6. The molecule has 1 aliphatic carbocycles. The quantitative estimate of drug-likeness (QED) is 0.891. The number of carbonyl (C=O) groups excluding carboxylic acids is 2. The topological polar surface area (TPSA) is 74.0 Å². The van der Waals surface area contributed by atoms with Crippen LogP contribution in [0.3, 0.4) is 0 Å². The number of likely N-dealkylation sites (tertiary alicyclic amines) is 2. The van der Waals surface area contributed by atoms with E-state index in [0.29, 0.717) is 25.1 Å². The highest BCUT2D eigenvalue weighted by Crippen LogP contribution is 2.41. The Balaban J connectivity index is 1.40. The molecule has 1 aromatic heterocycles. The number of amides is 2. The summed E-state index contributed by atoms with van der Waals surface area (Å²) >= 11 is 0. The normalized spacial score (nSPS) is 32.9. The minimum Gasteiger partial charge on any atom is -0.459 e. The van der Waals surface area contributed by atoms with Crippen molar-refractivity contribution in [1.29, 1.82) is 0 Å². The Morgan fingerprint density at radius 2 is 1.96 bits per heavy atom. The van der Waals surface area contributed by atoms with Crippen molar-refractivity contribution in [3.8, 4) is 0 Å². The Hall–Kier alpha value is -1.82. The van der Waals surface area contributed by atoms with Crippen molar-refractivity contribution in [2.45, 2.75) is 38.2 Å². The van der Waals surface area contributed by atoms with Crippen LogP contribution in [0.2, 0.25) is 0 Å². The molecule has 4 rings (SSSR count). The van der Waals surface area contributed by atoms with Crippen molar-refractivity contribution in [3.63, 3.8) is 0 Å². The first-order valence-electron chi connectivity index (χ1n) is 8.86. The molecule has 3 heterocycles. The number of aliphatic hydroxyl groups excluding tert-OH is 1. The molecule has 1 aromatic rings. The van der Waals surface area contributed by atoms with Crippen molar-refractivity contribution >= 4 is 11.8 Å². The van der Waals surface area contributed by atoms with Gasteiger partial charge < -0.3 is 19.3 Å². The molecule has 6 nitrogen and oxygen atoms in total. The van der Waals surface area contributed by atoms with Gasteiger partial charge in [0, 0.05) is 37.5 Å². The van der Waals surface area contributed by atoms with Gasteiger partial charge in [0.1, 0.15) is 0 Å². The Bertz CT molecular complexity index is 623. The highest BCUT2D eigenvalue weighted by molar-refractivity contribution is 5.91. The lowest BCUT2D eigenvalue weighted by atomic mass is 9.78. The van der Waals surface area contributed by atoms with E-state index < -0.39 is 0 Å². The summed E-state index contributed by atoms with van der Waals surface area (Å²) < 4.78 is 5.24. The van der Waals surface area contributed by atoms with Gasteiger partial charge in [0.2, 0.25) is 5.91 Å². The third-order valence-electron chi connectivity index (χ3n) is 5.89. The second kappa shape index (κ2) is 5.92. The average molecular weight is 332 g/mol. The Morgan fingerprint density at radius 3 is 2.67 bits per heavy atom. The minimum absolute atomic E-state index is 0.000376. The van der Waals surface area contributed by atoms with E-state index in [1.54, 1.807) is 12.1 Å². The second-order valence-corrected chi connectivity index (χ2v) is 7.64. The number of hydrogen-bond acceptors (Lipinski definition) is 4. The lowest BCUT2D eigenvalue weighted by Crippen LogP contribution is -2.49. The number of hydrogen-bond donors (Lipinski definition) is 1. The van der Waals surface area contributed by atoms with E-state index in [1.807, 2.05) is 9.80 Å². The summed E-state index contributed by atoms with van der Waals surface area (Å²) in [5, 5.41) is 9.41. The molecule has 1 N–H and O–H groups in total. The van der Waals surface area contributed by atoms with Crippen LogP contribution in [0.25, 0.3) is 0 Å². The van der Waals surface area contributed by atoms with E-state index in [0.717, 1.165) is 38.9 Å². The van der Waals surface area contributed by atoms with Gasteiger partial charge in [0.15, 0.2) is 5.76 Å². The number of nitrogens with zero attached hydrogens (tertiary/aromatic N) is 2. The predicted molar refractivity (Wildman–Crippen MR) is 86.2 cm³/mol. The number of carbonyl (C=O) groups is 2. The molecule has 1 atom stereocenters. The van der Waals surface area contributed by atoms with Gasteiger partial charge in [0.25, 0.3) is 5.91 Å². The van der Waals surface area contributed by atoms with Gasteiger partial charge in [-0.2, -0.15) is 0 Å². The molecular formula is C18H24N2O4. The summed E-state index contributed by atoms with van der Waals surface area (Å²) in [5.41, 5.74) is 0.0263. The molecule has 0 unspecified atom stereocenters. The molecule has 0 aromatic carbocycles. The molecule has 24 heavy (non-hydrogen) atoms. The highest BCUT2D eigenvalue weighted by Gasteiger charge is 2.46. The fourth-order valence-corrected chi connectivity index (χ4v) is 4.44. The van der Waals surface area contributed by atoms with Crippen molar-refractivity contribution < 1.29 is 19.1 Å². The number of aliphatic hydroxyl groups is 1. The van der Waals surface area contributed by atoms with Gasteiger partial charge in [-0.1, -0.05) is 0 Å². The van der Waals surface area contributed by atoms with E-state index in [-0.39, 0.29) is 29.3 Å². The fourth-order valence-electron chi connectivity index (χ4n) is 4.44. The molecule has 3 fully saturated rings. The lowest BCUT2D eigenvalue weighted by Gasteiger charge is -2.40. The van der Waals surface area contributed by atoms with Gasteiger partial charge in [-0.15, -0.1) is 0 Å². The molecule has 2 saturated heterocycles. The first-order valence-corrected chi connectivity index (χ1v) is 8.86. The molecule has 0 radical (unpaired) electrons. The predicted octanol–water partition coefficient (Wildman–Crippen LogP) is 1.51. The van der Waals surface area contributed by atoms with Crippen LogP contribution in [0.15, 0.2) is 22.8 Å². The van der Waals surface area contributed by atoms with E-state index in [2.05, 4.69) is 0 Å². The summed E-state index contributed by atoms with van der Waals surface area (Å²) in [6.45, 7) is 2.96. The van der Waals surface area contributed by atoms with Crippen LogP contribution in [-0.4, -0.2) is 59.0 Å². The van der Waals surface area contributed by atoms with Crippen molar-refractivity contribution in [3.05, 3.63) is 24.2 Å². The third-order valence-corrected chi connectivity index (χ3v) is 5.89. The van der Waals surface area contributed by atoms with Crippen LogP contribution < -0.4 is 0 Å².